The second kappa shape index (κ2) is 20.0. The number of ether oxygens (including phenoxy) is 4. The van der Waals surface area contributed by atoms with E-state index in [1.807, 2.05) is 13.8 Å². The Kier molecular flexibility index (Phi) is 15.5. The van der Waals surface area contributed by atoms with Gasteiger partial charge in [0.1, 0.15) is 35.9 Å². The molecule has 0 aromatic heterocycles. The van der Waals surface area contributed by atoms with Crippen LogP contribution in [0, 0.1) is 51.2 Å². The Bertz CT molecular complexity index is 1710. The zero-order chi connectivity index (χ0) is 46.2. The lowest BCUT2D eigenvalue weighted by Crippen LogP contribution is -2.61. The van der Waals surface area contributed by atoms with Crippen molar-refractivity contribution >= 4 is 11.9 Å². The van der Waals surface area contributed by atoms with Gasteiger partial charge >= 0.3 is 11.9 Å². The Morgan fingerprint density at radius 1 is 0.688 bits per heavy atom. The largest absolute Gasteiger partial charge is 0.459 e. The van der Waals surface area contributed by atoms with Crippen molar-refractivity contribution in [1.82, 2.24) is 0 Å². The van der Waals surface area contributed by atoms with Crippen molar-refractivity contribution in [3.05, 3.63) is 36.3 Å². The number of carbonyl (C=O) groups excluding carboxylic acids is 2. The highest BCUT2D eigenvalue weighted by atomic mass is 17.2. The lowest BCUT2D eigenvalue weighted by molar-refractivity contribution is -0.313. The van der Waals surface area contributed by atoms with Crippen LogP contribution in [0.15, 0.2) is 36.3 Å². The van der Waals surface area contributed by atoms with E-state index >= 15 is 0 Å². The molecule has 2 N–H and O–H groups in total. The Balaban J connectivity index is 0.000000191. The van der Waals surface area contributed by atoms with Crippen LogP contribution in [0.4, 0.5) is 0 Å². The normalized spacial score (nSPS) is 44.1. The van der Waals surface area contributed by atoms with Gasteiger partial charge in [0.05, 0.1) is 37.6 Å². The van der Waals surface area contributed by atoms with E-state index in [-0.39, 0.29) is 82.1 Å². The maximum absolute atomic E-state index is 12.0. The third-order valence-electron chi connectivity index (χ3n) is 18.1. The Hall–Kier alpha value is -2.48. The van der Waals surface area contributed by atoms with Gasteiger partial charge in [0.25, 0.3) is 0 Å². The maximum atomic E-state index is 12.0. The summed E-state index contributed by atoms with van der Waals surface area (Å²) in [5, 5.41) is 22.6. The first-order valence-electron chi connectivity index (χ1n) is 25.2. The molecule has 12 heteroatoms. The quantitative estimate of drug-likeness (QED) is 0.0562. The Morgan fingerprint density at radius 2 is 1.20 bits per heavy atom. The van der Waals surface area contributed by atoms with Crippen molar-refractivity contribution in [2.45, 2.75) is 213 Å². The van der Waals surface area contributed by atoms with Crippen LogP contribution in [0.3, 0.4) is 0 Å². The highest BCUT2D eigenvalue weighted by molar-refractivity contribution is 5.69. The van der Waals surface area contributed by atoms with Crippen molar-refractivity contribution in [2.75, 3.05) is 13.2 Å². The molecule has 2 aliphatic heterocycles. The summed E-state index contributed by atoms with van der Waals surface area (Å²) in [5.74, 6) is 2.28. The number of rotatable bonds is 14. The molecule has 0 radical (unpaired) electrons. The molecular weight excluding hydrogens is 817 g/mol. The maximum Gasteiger partial charge on any atom is 0.305 e. The van der Waals surface area contributed by atoms with Gasteiger partial charge in [0.2, 0.25) is 0 Å². The van der Waals surface area contributed by atoms with Gasteiger partial charge in [-0.05, 0) is 112 Å². The van der Waals surface area contributed by atoms with Gasteiger partial charge in [-0.15, -0.1) is 0 Å². The first-order valence-corrected chi connectivity index (χ1v) is 25.2. The van der Waals surface area contributed by atoms with E-state index in [0.717, 1.165) is 96.3 Å². The van der Waals surface area contributed by atoms with Crippen molar-refractivity contribution in [2.24, 2.45) is 51.2 Å². The molecule has 0 amide bonds. The minimum atomic E-state index is -0.567. The van der Waals surface area contributed by atoms with Crippen LogP contribution >= 0.6 is 0 Å². The Labute approximate surface area is 383 Å². The zero-order valence-electron chi connectivity index (χ0n) is 40.4. The van der Waals surface area contributed by atoms with Gasteiger partial charge < -0.3 is 38.9 Å². The summed E-state index contributed by atoms with van der Waals surface area (Å²) >= 11 is 0. The van der Waals surface area contributed by atoms with Crippen LogP contribution in [-0.2, 0) is 48.1 Å². The summed E-state index contributed by atoms with van der Waals surface area (Å²) in [6.07, 6.45) is 15.2. The minimum Gasteiger partial charge on any atom is -0.459 e. The van der Waals surface area contributed by atoms with Crippen LogP contribution in [0.1, 0.15) is 165 Å². The van der Waals surface area contributed by atoms with Gasteiger partial charge in [-0.3, -0.25) is 9.59 Å². The molecule has 8 rings (SSSR count). The van der Waals surface area contributed by atoms with Crippen LogP contribution in [0.5, 0.6) is 0 Å². The van der Waals surface area contributed by atoms with Crippen molar-refractivity contribution in [3.8, 4) is 0 Å². The number of hydrogen-bond acceptors (Lipinski definition) is 12. The van der Waals surface area contributed by atoms with Gasteiger partial charge in [0, 0.05) is 48.3 Å². The number of fused-ring (bicyclic) bond motifs is 10. The zero-order valence-corrected chi connectivity index (χ0v) is 40.4. The molecular formula is C52H82O12. The van der Waals surface area contributed by atoms with Crippen LogP contribution in [-0.4, -0.2) is 84.2 Å². The summed E-state index contributed by atoms with van der Waals surface area (Å²) in [7, 11) is 0. The van der Waals surface area contributed by atoms with E-state index in [4.69, 9.17) is 38.5 Å². The molecule has 8 aliphatic rings. The second-order valence-corrected chi connectivity index (χ2v) is 21.9. The molecule has 2 saturated heterocycles. The average molecular weight is 899 g/mol. The van der Waals surface area contributed by atoms with Gasteiger partial charge in [-0.1, -0.05) is 80.2 Å². The van der Waals surface area contributed by atoms with Gasteiger partial charge in [-0.25, -0.2) is 0 Å². The smallest absolute Gasteiger partial charge is 0.305 e. The van der Waals surface area contributed by atoms with Gasteiger partial charge in [-0.2, -0.15) is 9.78 Å². The highest BCUT2D eigenvalue weighted by Gasteiger charge is 2.65. The standard InChI is InChI=1S/C26H42O6.C26H40O6/c2*1-6-8-16(3)31-32-18-9-11-25(4)17(13-18)14-20(27)23-19(25)10-12-26(5)21(15-29-24(23)26)30-22(28)7-2/h17-21,23-24,27H,3,6-15H2,1-2,4-5H3;14,18-21,23-24,27H,3,6-13,15H2,1-2,4-5H3/t17?,18-,19?,20-,21-,23?,24?,25-,26+;18-,19?,20-,21-,23?,24?,25-,26+/m00/s1. The molecule has 0 spiro atoms. The molecule has 0 aromatic rings. The summed E-state index contributed by atoms with van der Waals surface area (Å²) in [5.41, 5.74) is 0.995. The SMILES string of the molecule is C=C(CCC)OO[C@H]1CC[C@@]2(C)C(=C[C@H](O)C3C2CC[C@@]2(C)C3OC[C@@H]2OC(=O)CC)C1.C=C(CCC)OO[C@H]1CC[C@@]2(C)C(C1)C[C@H](O)C1C2CC[C@@]2(C)C1OC[C@@H]2OC(=O)CC. The fraction of sp³-hybridized carbons (Fsp3) is 0.846. The molecule has 0 aromatic carbocycles. The first kappa shape index (κ1) is 49.4. The minimum absolute atomic E-state index is 0.0129. The Morgan fingerprint density at radius 3 is 1.77 bits per heavy atom. The van der Waals surface area contributed by atoms with E-state index in [1.54, 1.807) is 0 Å². The van der Waals surface area contributed by atoms with Crippen LogP contribution < -0.4 is 0 Å². The molecule has 5 saturated carbocycles. The highest BCUT2D eigenvalue weighted by Crippen LogP contribution is 2.65. The third-order valence-corrected chi connectivity index (χ3v) is 18.1. The van der Waals surface area contributed by atoms with E-state index < -0.39 is 12.2 Å². The molecule has 64 heavy (non-hydrogen) atoms. The monoisotopic (exact) mass is 899 g/mol. The van der Waals surface area contributed by atoms with Crippen LogP contribution in [0.2, 0.25) is 0 Å². The molecule has 6 aliphatic carbocycles. The van der Waals surface area contributed by atoms with E-state index in [0.29, 0.717) is 55.3 Å². The molecule has 362 valence electrons. The molecule has 7 fully saturated rings. The van der Waals surface area contributed by atoms with Crippen LogP contribution in [0.25, 0.3) is 0 Å². The fourth-order valence-corrected chi connectivity index (χ4v) is 14.1. The number of esters is 2. The second-order valence-electron chi connectivity index (χ2n) is 21.9. The summed E-state index contributed by atoms with van der Waals surface area (Å²) in [6.45, 7) is 25.7. The predicted octanol–water partition coefficient (Wildman–Crippen LogP) is 9.80. The molecule has 7 unspecified atom stereocenters. The molecule has 0 bridgehead atoms. The van der Waals surface area contributed by atoms with E-state index in [1.165, 1.54) is 5.57 Å². The average Bonchev–Trinajstić information content (AvgIpc) is 3.78. The first-order chi connectivity index (χ1) is 30.4. The third kappa shape index (κ3) is 9.37. The van der Waals surface area contributed by atoms with Crippen molar-refractivity contribution in [1.29, 1.82) is 0 Å². The molecule has 17 atom stereocenters. The lowest BCUT2D eigenvalue weighted by Gasteiger charge is -2.61. The summed E-state index contributed by atoms with van der Waals surface area (Å²) < 4.78 is 24.1. The number of aliphatic hydroxyl groups excluding tert-OH is 2. The van der Waals surface area contributed by atoms with E-state index in [9.17, 15) is 19.8 Å². The summed E-state index contributed by atoms with van der Waals surface area (Å²) in [4.78, 5) is 46.3. The lowest BCUT2D eigenvalue weighted by atomic mass is 9.45. The molecule has 2 heterocycles. The number of hydrogen-bond donors (Lipinski definition) is 2. The molecule has 12 nitrogen and oxygen atoms in total. The van der Waals surface area contributed by atoms with Crippen molar-refractivity contribution in [3.63, 3.8) is 0 Å². The fourth-order valence-electron chi connectivity index (χ4n) is 14.1. The van der Waals surface area contributed by atoms with Gasteiger partial charge in [0.15, 0.2) is 0 Å². The van der Waals surface area contributed by atoms with E-state index in [2.05, 4.69) is 60.8 Å². The van der Waals surface area contributed by atoms with Crippen molar-refractivity contribution < 1.29 is 58.3 Å². The number of carbonyl (C=O) groups is 2. The topological polar surface area (TPSA) is 148 Å². The summed E-state index contributed by atoms with van der Waals surface area (Å²) in [6, 6.07) is 0. The number of aliphatic hydroxyl groups is 2. The predicted molar refractivity (Wildman–Crippen MR) is 241 cm³/mol. The number of allylic oxidation sites excluding steroid dienone is 2.